The van der Waals surface area contributed by atoms with E-state index >= 15 is 0 Å². The van der Waals surface area contributed by atoms with Crippen molar-refractivity contribution in [1.82, 2.24) is 10.2 Å². The number of rotatable bonds is 5. The summed E-state index contributed by atoms with van der Waals surface area (Å²) in [5.74, 6) is 0.336. The molecule has 5 nitrogen and oxygen atoms in total. The fourth-order valence-corrected chi connectivity index (χ4v) is 4.14. The summed E-state index contributed by atoms with van der Waals surface area (Å²) in [5.41, 5.74) is -0.112. The molecule has 2 saturated heterocycles. The van der Waals surface area contributed by atoms with E-state index in [1.807, 2.05) is 0 Å². The van der Waals surface area contributed by atoms with Crippen LogP contribution in [0.15, 0.2) is 0 Å². The number of ether oxygens (including phenoxy) is 2. The Morgan fingerprint density at radius 2 is 2.00 bits per heavy atom. The van der Waals surface area contributed by atoms with Crippen LogP contribution < -0.4 is 5.32 Å². The highest BCUT2D eigenvalue weighted by molar-refractivity contribution is 5.79. The summed E-state index contributed by atoms with van der Waals surface area (Å²) < 4.78 is 11.2. The van der Waals surface area contributed by atoms with Crippen molar-refractivity contribution < 1.29 is 14.3 Å². The third-order valence-corrected chi connectivity index (χ3v) is 5.72. The normalized spacial score (nSPS) is 30.0. The van der Waals surface area contributed by atoms with Crippen molar-refractivity contribution >= 4 is 5.91 Å². The maximum atomic E-state index is 12.3. The van der Waals surface area contributed by atoms with Gasteiger partial charge in [-0.1, -0.05) is 19.3 Å². The summed E-state index contributed by atoms with van der Waals surface area (Å²) in [6.07, 6.45) is 8.78. The van der Waals surface area contributed by atoms with Crippen LogP contribution in [0.3, 0.4) is 0 Å². The molecule has 0 spiro atoms. The Morgan fingerprint density at radius 1 is 1.27 bits per heavy atom. The highest BCUT2D eigenvalue weighted by Crippen LogP contribution is 2.28. The van der Waals surface area contributed by atoms with Gasteiger partial charge in [0.1, 0.15) is 0 Å². The van der Waals surface area contributed by atoms with Gasteiger partial charge in [0.05, 0.1) is 5.60 Å². The quantitative estimate of drug-likeness (QED) is 0.840. The van der Waals surface area contributed by atoms with Gasteiger partial charge in [-0.05, 0) is 12.8 Å². The second kappa shape index (κ2) is 7.28. The van der Waals surface area contributed by atoms with E-state index in [-0.39, 0.29) is 11.6 Å². The molecule has 1 atom stereocenters. The molecule has 1 amide bonds. The molecular weight excluding hydrogens is 280 g/mol. The van der Waals surface area contributed by atoms with Crippen molar-refractivity contribution in [3.8, 4) is 0 Å². The standard InChI is InChI=1S/C17H30N2O3/c1-21-17(7-9-22-10-8-17)13-18-14-11-16(20)19(12-14)15-5-3-2-4-6-15/h14-15,18H,2-13H2,1H3. The molecule has 2 aliphatic heterocycles. The number of nitrogens with one attached hydrogen (secondary N) is 1. The van der Waals surface area contributed by atoms with Crippen LogP contribution in [-0.2, 0) is 14.3 Å². The lowest BCUT2D eigenvalue weighted by molar-refractivity contribution is -0.130. The molecule has 2 heterocycles. The highest BCUT2D eigenvalue weighted by Gasteiger charge is 2.37. The topological polar surface area (TPSA) is 50.8 Å². The van der Waals surface area contributed by atoms with E-state index in [2.05, 4.69) is 10.2 Å². The summed E-state index contributed by atoms with van der Waals surface area (Å²) in [6, 6.07) is 0.775. The summed E-state index contributed by atoms with van der Waals surface area (Å²) in [5, 5.41) is 3.60. The third-order valence-electron chi connectivity index (χ3n) is 5.72. The lowest BCUT2D eigenvalue weighted by Crippen LogP contribution is -2.50. The Labute approximate surface area is 133 Å². The second-order valence-corrected chi connectivity index (χ2v) is 7.12. The molecule has 1 aliphatic carbocycles. The summed E-state index contributed by atoms with van der Waals surface area (Å²) in [6.45, 7) is 3.24. The van der Waals surface area contributed by atoms with Crippen molar-refractivity contribution in [1.29, 1.82) is 0 Å². The van der Waals surface area contributed by atoms with Gasteiger partial charge >= 0.3 is 0 Å². The molecule has 126 valence electrons. The Morgan fingerprint density at radius 3 is 2.68 bits per heavy atom. The van der Waals surface area contributed by atoms with Crippen LogP contribution >= 0.6 is 0 Å². The predicted octanol–water partition coefficient (Wildman–Crippen LogP) is 1.71. The smallest absolute Gasteiger partial charge is 0.224 e. The lowest BCUT2D eigenvalue weighted by atomic mass is 9.93. The number of carbonyl (C=O) groups excluding carboxylic acids is 1. The van der Waals surface area contributed by atoms with Gasteiger partial charge in [-0.25, -0.2) is 0 Å². The molecule has 22 heavy (non-hydrogen) atoms. The van der Waals surface area contributed by atoms with Crippen molar-refractivity contribution in [2.24, 2.45) is 0 Å². The van der Waals surface area contributed by atoms with Gasteiger partial charge < -0.3 is 19.7 Å². The molecule has 1 unspecified atom stereocenters. The molecular formula is C17H30N2O3. The molecule has 0 aromatic carbocycles. The average Bonchev–Trinajstić information content (AvgIpc) is 2.96. The maximum Gasteiger partial charge on any atom is 0.224 e. The van der Waals surface area contributed by atoms with Crippen LogP contribution in [0.25, 0.3) is 0 Å². The Kier molecular flexibility index (Phi) is 5.37. The van der Waals surface area contributed by atoms with Gasteiger partial charge in [0.2, 0.25) is 5.91 Å². The molecule has 5 heteroatoms. The zero-order valence-corrected chi connectivity index (χ0v) is 13.8. The van der Waals surface area contributed by atoms with Gasteiger partial charge in [0, 0.05) is 64.8 Å². The van der Waals surface area contributed by atoms with Crippen LogP contribution in [0.1, 0.15) is 51.4 Å². The van der Waals surface area contributed by atoms with E-state index in [9.17, 15) is 4.79 Å². The Hall–Kier alpha value is -0.650. The number of hydrogen-bond donors (Lipinski definition) is 1. The van der Waals surface area contributed by atoms with Crippen molar-refractivity contribution in [2.45, 2.75) is 69.1 Å². The number of carbonyl (C=O) groups is 1. The number of hydrogen-bond acceptors (Lipinski definition) is 4. The minimum Gasteiger partial charge on any atom is -0.381 e. The van der Waals surface area contributed by atoms with Crippen LogP contribution in [-0.4, -0.2) is 61.9 Å². The number of likely N-dealkylation sites (tertiary alicyclic amines) is 1. The highest BCUT2D eigenvalue weighted by atomic mass is 16.5. The first-order chi connectivity index (χ1) is 10.7. The van der Waals surface area contributed by atoms with Gasteiger partial charge in [0.15, 0.2) is 0 Å². The second-order valence-electron chi connectivity index (χ2n) is 7.12. The van der Waals surface area contributed by atoms with E-state index in [0.717, 1.165) is 39.1 Å². The van der Waals surface area contributed by atoms with Gasteiger partial charge in [-0.15, -0.1) is 0 Å². The first-order valence-corrected chi connectivity index (χ1v) is 8.88. The van der Waals surface area contributed by atoms with Crippen LogP contribution in [0.4, 0.5) is 0 Å². The average molecular weight is 310 g/mol. The number of amides is 1. The van der Waals surface area contributed by atoms with E-state index in [1.165, 1.54) is 32.1 Å². The fraction of sp³-hybridized carbons (Fsp3) is 0.941. The molecule has 1 saturated carbocycles. The maximum absolute atomic E-state index is 12.3. The molecule has 0 aromatic heterocycles. The summed E-state index contributed by atoms with van der Waals surface area (Å²) in [7, 11) is 1.79. The monoisotopic (exact) mass is 310 g/mol. The minimum atomic E-state index is -0.112. The van der Waals surface area contributed by atoms with Crippen LogP contribution in [0.2, 0.25) is 0 Å². The largest absolute Gasteiger partial charge is 0.381 e. The summed E-state index contributed by atoms with van der Waals surface area (Å²) in [4.78, 5) is 14.5. The van der Waals surface area contributed by atoms with Gasteiger partial charge in [0.25, 0.3) is 0 Å². The minimum absolute atomic E-state index is 0.112. The fourth-order valence-electron chi connectivity index (χ4n) is 4.14. The molecule has 0 aromatic rings. The molecule has 1 N–H and O–H groups in total. The van der Waals surface area contributed by atoms with E-state index in [1.54, 1.807) is 7.11 Å². The van der Waals surface area contributed by atoms with Crippen molar-refractivity contribution in [3.05, 3.63) is 0 Å². The van der Waals surface area contributed by atoms with E-state index < -0.39 is 0 Å². The number of methoxy groups -OCH3 is 1. The van der Waals surface area contributed by atoms with Gasteiger partial charge in [-0.3, -0.25) is 4.79 Å². The van der Waals surface area contributed by atoms with Gasteiger partial charge in [-0.2, -0.15) is 0 Å². The lowest BCUT2D eigenvalue weighted by Gasteiger charge is -2.37. The van der Waals surface area contributed by atoms with Crippen molar-refractivity contribution in [3.63, 3.8) is 0 Å². The predicted molar refractivity (Wildman–Crippen MR) is 84.8 cm³/mol. The SMILES string of the molecule is COC1(CNC2CC(=O)N(C3CCCCC3)C2)CCOCC1. The first kappa shape index (κ1) is 16.2. The zero-order valence-electron chi connectivity index (χ0n) is 13.8. The van der Waals surface area contributed by atoms with E-state index in [0.29, 0.717) is 18.4 Å². The third kappa shape index (κ3) is 3.63. The van der Waals surface area contributed by atoms with Crippen LogP contribution in [0.5, 0.6) is 0 Å². The molecule has 3 rings (SSSR count). The van der Waals surface area contributed by atoms with Crippen LogP contribution in [0, 0.1) is 0 Å². The first-order valence-electron chi connectivity index (χ1n) is 8.88. The molecule has 0 radical (unpaired) electrons. The van der Waals surface area contributed by atoms with Crippen molar-refractivity contribution in [2.75, 3.05) is 33.4 Å². The Bertz CT molecular complexity index is 376. The Balaban J connectivity index is 1.50. The molecule has 3 fully saturated rings. The summed E-state index contributed by atoms with van der Waals surface area (Å²) >= 11 is 0. The zero-order chi connectivity index (χ0) is 15.4. The molecule has 3 aliphatic rings. The van der Waals surface area contributed by atoms with E-state index in [4.69, 9.17) is 9.47 Å². The number of nitrogens with zero attached hydrogens (tertiary/aromatic N) is 1. The molecule has 0 bridgehead atoms.